The lowest BCUT2D eigenvalue weighted by Crippen LogP contribution is -2.20. The Balaban J connectivity index is 1.96. The molecule has 2 aromatic rings. The molecule has 2 aromatic carbocycles. The third-order valence-corrected chi connectivity index (χ3v) is 3.70. The molecule has 0 atom stereocenters. The first-order chi connectivity index (χ1) is 9.95. The van der Waals surface area contributed by atoms with E-state index in [9.17, 15) is 4.79 Å². The van der Waals surface area contributed by atoms with Gasteiger partial charge in [-0.1, -0.05) is 45.2 Å². The Morgan fingerprint density at radius 3 is 2.67 bits per heavy atom. The molecule has 21 heavy (non-hydrogen) atoms. The Hall–Kier alpha value is -1.52. The fourth-order valence-corrected chi connectivity index (χ4v) is 2.60. The maximum Gasteiger partial charge on any atom is 0.262 e. The van der Waals surface area contributed by atoms with Gasteiger partial charge in [0.1, 0.15) is 5.75 Å². The number of rotatable bonds is 4. The van der Waals surface area contributed by atoms with Crippen LogP contribution in [0.25, 0.3) is 0 Å². The van der Waals surface area contributed by atoms with Crippen LogP contribution in [-0.4, -0.2) is 12.5 Å². The molecule has 0 aromatic heterocycles. The predicted octanol–water partition coefficient (Wildman–Crippen LogP) is 4.74. The van der Waals surface area contributed by atoms with E-state index in [1.807, 2.05) is 38.1 Å². The Morgan fingerprint density at radius 1 is 1.24 bits per heavy atom. The topological polar surface area (TPSA) is 38.3 Å². The minimum Gasteiger partial charge on any atom is -0.483 e. The molecule has 2 rings (SSSR count). The van der Waals surface area contributed by atoms with Crippen LogP contribution in [0.3, 0.4) is 0 Å². The predicted molar refractivity (Wildman–Crippen MR) is 89.2 cm³/mol. The van der Waals surface area contributed by atoms with Crippen LogP contribution in [0.5, 0.6) is 5.75 Å². The fraction of sp³-hybridized carbons (Fsp3) is 0.188. The summed E-state index contributed by atoms with van der Waals surface area (Å²) in [6, 6.07) is 11.1. The number of nitrogens with one attached hydrogen (secondary N) is 1. The van der Waals surface area contributed by atoms with Crippen molar-refractivity contribution in [1.29, 1.82) is 0 Å². The smallest absolute Gasteiger partial charge is 0.262 e. The number of benzene rings is 2. The van der Waals surface area contributed by atoms with E-state index in [0.29, 0.717) is 16.5 Å². The van der Waals surface area contributed by atoms with Crippen LogP contribution in [0.4, 0.5) is 5.69 Å². The summed E-state index contributed by atoms with van der Waals surface area (Å²) >= 11 is 9.36. The third-order valence-electron chi connectivity index (χ3n) is 2.89. The molecule has 0 aliphatic heterocycles. The standard InChI is InChI=1S/C16H15BrClNO2/c1-10-3-6-15(11(2)7-10)21-9-16(20)19-14-5-4-12(17)8-13(14)18/h3-8H,9H2,1-2H3,(H,19,20). The zero-order chi connectivity index (χ0) is 15.4. The second kappa shape index (κ2) is 6.96. The zero-order valence-electron chi connectivity index (χ0n) is 11.7. The number of halogens is 2. The summed E-state index contributed by atoms with van der Waals surface area (Å²) < 4.78 is 6.38. The Morgan fingerprint density at radius 2 is 2.00 bits per heavy atom. The summed E-state index contributed by atoms with van der Waals surface area (Å²) in [7, 11) is 0. The van der Waals surface area contributed by atoms with Gasteiger partial charge in [-0.05, 0) is 43.7 Å². The number of ether oxygens (including phenoxy) is 1. The van der Waals surface area contributed by atoms with Gasteiger partial charge in [0, 0.05) is 4.47 Å². The number of anilines is 1. The van der Waals surface area contributed by atoms with Crippen molar-refractivity contribution in [3.63, 3.8) is 0 Å². The van der Waals surface area contributed by atoms with Crippen molar-refractivity contribution in [3.8, 4) is 5.75 Å². The lowest BCUT2D eigenvalue weighted by atomic mass is 10.1. The van der Waals surface area contributed by atoms with Crippen molar-refractivity contribution in [2.75, 3.05) is 11.9 Å². The molecule has 1 amide bonds. The van der Waals surface area contributed by atoms with Crippen molar-refractivity contribution in [3.05, 3.63) is 57.0 Å². The quantitative estimate of drug-likeness (QED) is 0.846. The largest absolute Gasteiger partial charge is 0.483 e. The lowest BCUT2D eigenvalue weighted by molar-refractivity contribution is -0.118. The summed E-state index contributed by atoms with van der Waals surface area (Å²) in [4.78, 5) is 11.9. The van der Waals surface area contributed by atoms with Crippen LogP contribution in [0.15, 0.2) is 40.9 Å². The van der Waals surface area contributed by atoms with Gasteiger partial charge in [0.05, 0.1) is 10.7 Å². The monoisotopic (exact) mass is 367 g/mol. The number of hydrogen-bond acceptors (Lipinski definition) is 2. The number of aryl methyl sites for hydroxylation is 2. The van der Waals surface area contributed by atoms with Crippen molar-refractivity contribution in [1.82, 2.24) is 0 Å². The van der Waals surface area contributed by atoms with Crippen molar-refractivity contribution in [2.24, 2.45) is 0 Å². The van der Waals surface area contributed by atoms with Crippen LogP contribution < -0.4 is 10.1 Å². The van der Waals surface area contributed by atoms with Crippen LogP contribution in [0.2, 0.25) is 5.02 Å². The number of hydrogen-bond donors (Lipinski definition) is 1. The van der Waals surface area contributed by atoms with Gasteiger partial charge in [0.15, 0.2) is 6.61 Å². The molecule has 110 valence electrons. The molecule has 0 aliphatic carbocycles. The lowest BCUT2D eigenvalue weighted by Gasteiger charge is -2.11. The highest BCUT2D eigenvalue weighted by Gasteiger charge is 2.08. The van der Waals surface area contributed by atoms with Gasteiger partial charge in [-0.15, -0.1) is 0 Å². The first kappa shape index (κ1) is 15.9. The highest BCUT2D eigenvalue weighted by atomic mass is 79.9. The summed E-state index contributed by atoms with van der Waals surface area (Å²) in [6.07, 6.45) is 0. The van der Waals surface area contributed by atoms with E-state index >= 15 is 0 Å². The first-order valence-corrected chi connectivity index (χ1v) is 7.58. The molecule has 0 unspecified atom stereocenters. The molecular formula is C16H15BrClNO2. The number of carbonyl (C=O) groups is 1. The normalized spacial score (nSPS) is 10.3. The van der Waals surface area contributed by atoms with E-state index in [2.05, 4.69) is 21.2 Å². The average molecular weight is 369 g/mol. The maximum atomic E-state index is 11.9. The highest BCUT2D eigenvalue weighted by molar-refractivity contribution is 9.10. The van der Waals surface area contributed by atoms with Crippen LogP contribution >= 0.6 is 27.5 Å². The van der Waals surface area contributed by atoms with E-state index in [1.54, 1.807) is 12.1 Å². The molecule has 0 saturated heterocycles. The summed E-state index contributed by atoms with van der Waals surface area (Å²) in [5.74, 6) is 0.455. The number of carbonyl (C=O) groups excluding carboxylic acids is 1. The molecule has 5 heteroatoms. The molecule has 1 N–H and O–H groups in total. The highest BCUT2D eigenvalue weighted by Crippen LogP contribution is 2.25. The molecule has 0 saturated carbocycles. The van der Waals surface area contributed by atoms with E-state index < -0.39 is 0 Å². The van der Waals surface area contributed by atoms with Gasteiger partial charge in [-0.3, -0.25) is 4.79 Å². The average Bonchev–Trinajstić information content (AvgIpc) is 2.41. The van der Waals surface area contributed by atoms with Gasteiger partial charge in [-0.2, -0.15) is 0 Å². The number of amides is 1. The second-order valence-corrected chi connectivity index (χ2v) is 6.05. The Kier molecular flexibility index (Phi) is 5.26. The summed E-state index contributed by atoms with van der Waals surface area (Å²) in [5, 5.41) is 3.20. The first-order valence-electron chi connectivity index (χ1n) is 6.40. The van der Waals surface area contributed by atoms with Crippen molar-refractivity contribution in [2.45, 2.75) is 13.8 Å². The Bertz CT molecular complexity index is 673. The molecule has 0 aliphatic rings. The summed E-state index contributed by atoms with van der Waals surface area (Å²) in [5.41, 5.74) is 2.73. The SMILES string of the molecule is Cc1ccc(OCC(=O)Nc2ccc(Br)cc2Cl)c(C)c1. The van der Waals surface area contributed by atoms with E-state index in [1.165, 1.54) is 0 Å². The molecule has 0 radical (unpaired) electrons. The second-order valence-electron chi connectivity index (χ2n) is 4.73. The van der Waals surface area contributed by atoms with Gasteiger partial charge in [0.25, 0.3) is 5.91 Å². The molecular weight excluding hydrogens is 354 g/mol. The summed E-state index contributed by atoms with van der Waals surface area (Å²) in [6.45, 7) is 3.90. The molecule has 3 nitrogen and oxygen atoms in total. The van der Waals surface area contributed by atoms with E-state index in [-0.39, 0.29) is 12.5 Å². The maximum absolute atomic E-state index is 11.9. The minimum atomic E-state index is -0.251. The fourth-order valence-electron chi connectivity index (χ4n) is 1.88. The van der Waals surface area contributed by atoms with Crippen LogP contribution in [0.1, 0.15) is 11.1 Å². The van der Waals surface area contributed by atoms with Gasteiger partial charge < -0.3 is 10.1 Å². The van der Waals surface area contributed by atoms with Gasteiger partial charge >= 0.3 is 0 Å². The van der Waals surface area contributed by atoms with E-state index in [4.69, 9.17) is 16.3 Å². The third kappa shape index (κ3) is 4.48. The zero-order valence-corrected chi connectivity index (χ0v) is 14.1. The van der Waals surface area contributed by atoms with Crippen molar-refractivity contribution >= 4 is 39.1 Å². The van der Waals surface area contributed by atoms with Gasteiger partial charge in [-0.25, -0.2) is 0 Å². The van der Waals surface area contributed by atoms with Gasteiger partial charge in [0.2, 0.25) is 0 Å². The Labute approximate surface area is 137 Å². The van der Waals surface area contributed by atoms with Crippen molar-refractivity contribution < 1.29 is 9.53 Å². The molecule has 0 spiro atoms. The molecule has 0 heterocycles. The molecule has 0 fully saturated rings. The van der Waals surface area contributed by atoms with Crippen LogP contribution in [0, 0.1) is 13.8 Å². The van der Waals surface area contributed by atoms with Crippen LogP contribution in [-0.2, 0) is 4.79 Å². The minimum absolute atomic E-state index is 0.0592. The molecule has 0 bridgehead atoms. The van der Waals surface area contributed by atoms with E-state index in [0.717, 1.165) is 15.6 Å².